The number of carbonyl (C=O) groups is 1. The molecule has 2 rings (SSSR count). The monoisotopic (exact) mass is 303 g/mol. The van der Waals surface area contributed by atoms with Crippen LogP contribution in [0.5, 0.6) is 0 Å². The Hall–Kier alpha value is -1.84. The first-order chi connectivity index (χ1) is 10.2. The van der Waals surface area contributed by atoms with Crippen molar-refractivity contribution in [1.29, 1.82) is 0 Å². The summed E-state index contributed by atoms with van der Waals surface area (Å²) < 4.78 is 0. The van der Waals surface area contributed by atoms with Crippen LogP contribution in [-0.2, 0) is 11.2 Å². The molecule has 2 N–H and O–H groups in total. The molecule has 110 valence electrons. The molecule has 0 aliphatic rings. The van der Waals surface area contributed by atoms with Crippen LogP contribution in [0, 0.1) is 0 Å². The van der Waals surface area contributed by atoms with Crippen molar-refractivity contribution in [3.63, 3.8) is 0 Å². The number of amides is 1. The van der Waals surface area contributed by atoms with E-state index in [9.17, 15) is 9.90 Å². The second-order valence-electron chi connectivity index (χ2n) is 4.85. The molecule has 0 aliphatic carbocycles. The van der Waals surface area contributed by atoms with Crippen LogP contribution in [0.3, 0.4) is 0 Å². The standard InChI is InChI=1S/C17H18ClNO2/c18-16(14-9-5-2-6-10-14)17(21)19-15(12-20)11-13-7-3-1-4-8-13/h1-10,15-16,20H,11-12H2,(H,19,21). The van der Waals surface area contributed by atoms with E-state index in [-0.39, 0.29) is 18.6 Å². The zero-order valence-electron chi connectivity index (χ0n) is 11.6. The highest BCUT2D eigenvalue weighted by Crippen LogP contribution is 2.20. The molecule has 0 aromatic heterocycles. The summed E-state index contributed by atoms with van der Waals surface area (Å²) in [5.41, 5.74) is 1.80. The number of hydrogen-bond donors (Lipinski definition) is 2. The Kier molecular flexibility index (Phi) is 5.78. The number of rotatable bonds is 6. The second-order valence-corrected chi connectivity index (χ2v) is 5.29. The molecule has 0 aliphatic heterocycles. The quantitative estimate of drug-likeness (QED) is 0.806. The highest BCUT2D eigenvalue weighted by Gasteiger charge is 2.20. The van der Waals surface area contributed by atoms with Gasteiger partial charge in [0.25, 0.3) is 0 Å². The van der Waals surface area contributed by atoms with Crippen LogP contribution in [-0.4, -0.2) is 23.7 Å². The van der Waals surface area contributed by atoms with Gasteiger partial charge in [-0.05, 0) is 17.5 Å². The summed E-state index contributed by atoms with van der Waals surface area (Å²) in [6, 6.07) is 18.5. The molecule has 21 heavy (non-hydrogen) atoms. The largest absolute Gasteiger partial charge is 0.394 e. The maximum atomic E-state index is 12.1. The minimum Gasteiger partial charge on any atom is -0.394 e. The van der Waals surface area contributed by atoms with Gasteiger partial charge in [0.15, 0.2) is 0 Å². The third-order valence-electron chi connectivity index (χ3n) is 3.21. The highest BCUT2D eigenvalue weighted by molar-refractivity contribution is 6.30. The molecule has 2 aromatic carbocycles. The molecule has 1 amide bonds. The third-order valence-corrected chi connectivity index (χ3v) is 3.66. The lowest BCUT2D eigenvalue weighted by Gasteiger charge is -2.18. The molecule has 0 fully saturated rings. The fourth-order valence-corrected chi connectivity index (χ4v) is 2.32. The number of aliphatic hydroxyl groups is 1. The summed E-state index contributed by atoms with van der Waals surface area (Å²) >= 11 is 6.17. The van der Waals surface area contributed by atoms with Crippen molar-refractivity contribution >= 4 is 17.5 Å². The van der Waals surface area contributed by atoms with Crippen molar-refractivity contribution in [2.24, 2.45) is 0 Å². The number of alkyl halides is 1. The molecular weight excluding hydrogens is 286 g/mol. The van der Waals surface area contributed by atoms with E-state index in [0.29, 0.717) is 6.42 Å². The van der Waals surface area contributed by atoms with Gasteiger partial charge in [0.1, 0.15) is 5.38 Å². The normalized spacial score (nSPS) is 13.4. The molecule has 0 spiro atoms. The Morgan fingerprint density at radius 1 is 1.05 bits per heavy atom. The Morgan fingerprint density at radius 3 is 2.19 bits per heavy atom. The molecule has 3 nitrogen and oxygen atoms in total. The Morgan fingerprint density at radius 2 is 1.62 bits per heavy atom. The SMILES string of the molecule is O=C(NC(CO)Cc1ccccc1)C(Cl)c1ccccc1. The number of nitrogens with one attached hydrogen (secondary N) is 1. The van der Waals surface area contributed by atoms with Crippen LogP contribution in [0.15, 0.2) is 60.7 Å². The molecule has 2 aromatic rings. The third kappa shape index (κ3) is 4.59. The molecule has 4 heteroatoms. The molecule has 0 bridgehead atoms. The van der Waals surface area contributed by atoms with Crippen LogP contribution >= 0.6 is 11.6 Å². The van der Waals surface area contributed by atoms with Gasteiger partial charge in [-0.25, -0.2) is 0 Å². The first-order valence-corrected chi connectivity index (χ1v) is 7.28. The van der Waals surface area contributed by atoms with Crippen molar-refractivity contribution in [3.05, 3.63) is 71.8 Å². The first-order valence-electron chi connectivity index (χ1n) is 6.85. The van der Waals surface area contributed by atoms with Crippen molar-refractivity contribution in [1.82, 2.24) is 5.32 Å². The molecule has 2 unspecified atom stereocenters. The molecule has 0 saturated carbocycles. The van der Waals surface area contributed by atoms with Crippen LogP contribution in [0.1, 0.15) is 16.5 Å². The molecular formula is C17H18ClNO2. The average molecular weight is 304 g/mol. The minimum atomic E-state index is -0.754. The molecule has 0 heterocycles. The van der Waals surface area contributed by atoms with Crippen molar-refractivity contribution in [2.75, 3.05) is 6.61 Å². The lowest BCUT2D eigenvalue weighted by atomic mass is 10.1. The maximum absolute atomic E-state index is 12.1. The number of benzene rings is 2. The van der Waals surface area contributed by atoms with Gasteiger partial charge in [-0.2, -0.15) is 0 Å². The van der Waals surface area contributed by atoms with Gasteiger partial charge >= 0.3 is 0 Å². The van der Waals surface area contributed by atoms with Gasteiger partial charge in [0.05, 0.1) is 12.6 Å². The Balaban J connectivity index is 1.96. The zero-order chi connectivity index (χ0) is 15.1. The van der Waals surface area contributed by atoms with Crippen LogP contribution in [0.4, 0.5) is 0 Å². The van der Waals surface area contributed by atoms with Crippen molar-refractivity contribution in [2.45, 2.75) is 17.8 Å². The van der Waals surface area contributed by atoms with E-state index in [1.807, 2.05) is 60.7 Å². The van der Waals surface area contributed by atoms with Gasteiger partial charge in [-0.3, -0.25) is 4.79 Å². The highest BCUT2D eigenvalue weighted by atomic mass is 35.5. The predicted molar refractivity (Wildman–Crippen MR) is 84.2 cm³/mol. The summed E-state index contributed by atoms with van der Waals surface area (Å²) in [5, 5.41) is 11.5. The number of hydrogen-bond acceptors (Lipinski definition) is 2. The van der Waals surface area contributed by atoms with E-state index in [0.717, 1.165) is 11.1 Å². The van der Waals surface area contributed by atoms with Crippen LogP contribution in [0.2, 0.25) is 0 Å². The van der Waals surface area contributed by atoms with Crippen molar-refractivity contribution < 1.29 is 9.90 Å². The van der Waals surface area contributed by atoms with Gasteiger partial charge in [-0.1, -0.05) is 60.7 Å². The summed E-state index contributed by atoms with van der Waals surface area (Å²) in [7, 11) is 0. The fourth-order valence-electron chi connectivity index (χ4n) is 2.11. The smallest absolute Gasteiger partial charge is 0.242 e. The topological polar surface area (TPSA) is 49.3 Å². The molecule has 0 saturated heterocycles. The maximum Gasteiger partial charge on any atom is 0.242 e. The van der Waals surface area contributed by atoms with Gasteiger partial charge in [0.2, 0.25) is 5.91 Å². The molecule has 0 radical (unpaired) electrons. The van der Waals surface area contributed by atoms with E-state index in [4.69, 9.17) is 11.6 Å². The molecule has 2 atom stereocenters. The summed E-state index contributed by atoms with van der Waals surface area (Å²) in [4.78, 5) is 12.1. The van der Waals surface area contributed by atoms with Crippen LogP contribution in [0.25, 0.3) is 0 Å². The van der Waals surface area contributed by atoms with E-state index in [1.54, 1.807) is 0 Å². The summed E-state index contributed by atoms with van der Waals surface area (Å²) in [5.74, 6) is -0.294. The fraction of sp³-hybridized carbons (Fsp3) is 0.235. The minimum absolute atomic E-state index is 0.126. The van der Waals surface area contributed by atoms with E-state index in [1.165, 1.54) is 0 Å². The lowest BCUT2D eigenvalue weighted by molar-refractivity contribution is -0.121. The van der Waals surface area contributed by atoms with E-state index in [2.05, 4.69) is 5.32 Å². The number of carbonyl (C=O) groups excluding carboxylic acids is 1. The first kappa shape index (κ1) is 15.5. The predicted octanol–water partition coefficient (Wildman–Crippen LogP) is 2.69. The lowest BCUT2D eigenvalue weighted by Crippen LogP contribution is -2.40. The Bertz CT molecular complexity index is 560. The van der Waals surface area contributed by atoms with Crippen LogP contribution < -0.4 is 5.32 Å². The number of halogens is 1. The summed E-state index contributed by atoms with van der Waals surface area (Å²) in [6.07, 6.45) is 0.571. The van der Waals surface area contributed by atoms with Gasteiger partial charge in [-0.15, -0.1) is 11.6 Å². The van der Waals surface area contributed by atoms with Gasteiger partial charge < -0.3 is 10.4 Å². The van der Waals surface area contributed by atoms with Gasteiger partial charge in [0, 0.05) is 0 Å². The van der Waals surface area contributed by atoms with Crippen molar-refractivity contribution in [3.8, 4) is 0 Å². The van der Waals surface area contributed by atoms with E-state index >= 15 is 0 Å². The Labute approximate surface area is 129 Å². The van der Waals surface area contributed by atoms with E-state index < -0.39 is 5.38 Å². The zero-order valence-corrected chi connectivity index (χ0v) is 12.3. The summed E-state index contributed by atoms with van der Waals surface area (Å²) in [6.45, 7) is -0.126. The average Bonchev–Trinajstić information content (AvgIpc) is 2.55. The second kappa shape index (κ2) is 7.81. The number of aliphatic hydroxyl groups excluding tert-OH is 1.